The van der Waals surface area contributed by atoms with E-state index >= 15 is 0 Å². The summed E-state index contributed by atoms with van der Waals surface area (Å²) in [4.78, 5) is 27.3. The van der Waals surface area contributed by atoms with E-state index in [1.54, 1.807) is 52.0 Å². The lowest BCUT2D eigenvalue weighted by molar-refractivity contribution is -0.138. The zero-order valence-corrected chi connectivity index (χ0v) is 16.1. The highest BCUT2D eigenvalue weighted by atomic mass is 35.5. The Morgan fingerprint density at radius 1 is 1.30 bits per heavy atom. The molecule has 0 spiro atoms. The first-order valence-electron chi connectivity index (χ1n) is 8.10. The van der Waals surface area contributed by atoms with Crippen LogP contribution in [0.4, 0.5) is 4.79 Å². The Bertz CT molecular complexity index is 979. The summed E-state index contributed by atoms with van der Waals surface area (Å²) in [5, 5.41) is 19.9. The van der Waals surface area contributed by atoms with Gasteiger partial charge >= 0.3 is 17.8 Å². The predicted octanol–water partition coefficient (Wildman–Crippen LogP) is 4.72. The Labute approximate surface area is 160 Å². The van der Waals surface area contributed by atoms with Crippen LogP contribution in [0.2, 0.25) is 5.15 Å². The number of nitrogens with zero attached hydrogens (tertiary/aromatic N) is 3. The zero-order chi connectivity index (χ0) is 20.4. The van der Waals surface area contributed by atoms with Crippen molar-refractivity contribution < 1.29 is 24.2 Å². The second-order valence-corrected chi connectivity index (χ2v) is 6.87. The van der Waals surface area contributed by atoms with Crippen LogP contribution in [0.5, 0.6) is 0 Å². The molecule has 142 valence electrons. The summed E-state index contributed by atoms with van der Waals surface area (Å²) < 4.78 is 11.2. The Morgan fingerprint density at radius 2 is 1.93 bits per heavy atom. The molecule has 0 unspecified atom stereocenters. The number of halogens is 1. The normalized spacial score (nSPS) is 12.3. The van der Waals surface area contributed by atoms with Gasteiger partial charge in [-0.3, -0.25) is 0 Å². The van der Waals surface area contributed by atoms with E-state index in [0.717, 1.165) is 4.57 Å². The molecule has 0 amide bonds. The molecule has 0 atom stereocenters. The molecule has 1 aromatic carbocycles. The molecule has 0 bridgehead atoms. The number of carbonyl (C=O) groups excluding carboxylic acids is 2. The van der Waals surface area contributed by atoms with Crippen LogP contribution in [0.3, 0.4) is 0 Å². The Morgan fingerprint density at radius 3 is 2.48 bits per heavy atom. The summed E-state index contributed by atoms with van der Waals surface area (Å²) in [6, 6.07) is 6.53. The first-order valence-corrected chi connectivity index (χ1v) is 8.48. The highest BCUT2D eigenvalue weighted by molar-refractivity contribution is 6.34. The van der Waals surface area contributed by atoms with Gasteiger partial charge in [0.15, 0.2) is 4.98 Å². The van der Waals surface area contributed by atoms with E-state index in [2.05, 4.69) is 4.98 Å². The zero-order valence-electron chi connectivity index (χ0n) is 15.3. The fourth-order valence-electron chi connectivity index (χ4n) is 2.42. The van der Waals surface area contributed by atoms with Crippen LogP contribution in [-0.2, 0) is 14.3 Å². The van der Waals surface area contributed by atoms with Crippen molar-refractivity contribution in [1.82, 2.24) is 4.57 Å². The molecule has 0 saturated heterocycles. The molecule has 0 radical (unpaired) electrons. The maximum Gasteiger partial charge on any atom is 0.510 e. The van der Waals surface area contributed by atoms with Crippen molar-refractivity contribution in [1.29, 1.82) is 5.39 Å². The fraction of sp³-hybridized carbons (Fsp3) is 0.333. The molecular formula is C18H19ClN3O5+. The van der Waals surface area contributed by atoms with Crippen LogP contribution in [0.15, 0.2) is 30.0 Å². The second-order valence-electron chi connectivity index (χ2n) is 6.52. The Kier molecular flexibility index (Phi) is 5.76. The van der Waals surface area contributed by atoms with E-state index in [1.807, 2.05) is 0 Å². The number of diazo groups is 1. The monoisotopic (exact) mass is 392 g/mol. The third kappa shape index (κ3) is 4.04. The number of fused-ring (bicyclic) bond motifs is 1. The topological polar surface area (TPSA) is 106 Å². The van der Waals surface area contributed by atoms with Gasteiger partial charge in [-0.1, -0.05) is 29.8 Å². The quantitative estimate of drug-likeness (QED) is 0.350. The smallest absolute Gasteiger partial charge is 0.501 e. The predicted molar refractivity (Wildman–Crippen MR) is 99.8 cm³/mol. The number of esters is 1. The maximum atomic E-state index is 12.6. The maximum absolute atomic E-state index is 12.6. The first-order chi connectivity index (χ1) is 12.6. The molecule has 9 heteroatoms. The number of aliphatic hydroxyl groups excluding tert-OH is 1. The van der Waals surface area contributed by atoms with Crippen molar-refractivity contribution in [3.8, 4) is 0 Å². The molecule has 2 rings (SSSR count). The average Bonchev–Trinajstić information content (AvgIpc) is 2.85. The summed E-state index contributed by atoms with van der Waals surface area (Å²) in [6.07, 6.45) is -0.763. The largest absolute Gasteiger partial charge is 0.510 e. The van der Waals surface area contributed by atoms with E-state index in [0.29, 0.717) is 10.9 Å². The minimum absolute atomic E-state index is 0.0124. The van der Waals surface area contributed by atoms with Crippen LogP contribution < -0.4 is 0 Å². The van der Waals surface area contributed by atoms with Gasteiger partial charge in [0.1, 0.15) is 10.8 Å². The second kappa shape index (κ2) is 7.68. The van der Waals surface area contributed by atoms with Gasteiger partial charge in [0.2, 0.25) is 11.2 Å². The highest BCUT2D eigenvalue weighted by Gasteiger charge is 2.36. The number of aromatic nitrogens is 1. The van der Waals surface area contributed by atoms with E-state index in [1.165, 1.54) is 0 Å². The number of carbonyl (C=O) groups is 2. The fourth-order valence-corrected chi connectivity index (χ4v) is 2.77. The van der Waals surface area contributed by atoms with E-state index < -0.39 is 29.1 Å². The van der Waals surface area contributed by atoms with Crippen molar-refractivity contribution in [3.63, 3.8) is 0 Å². The molecule has 8 nitrogen and oxygen atoms in total. The van der Waals surface area contributed by atoms with E-state index in [4.69, 9.17) is 26.5 Å². The van der Waals surface area contributed by atoms with Gasteiger partial charge in [0.25, 0.3) is 0 Å². The van der Waals surface area contributed by atoms with Gasteiger partial charge in [-0.15, -0.1) is 0 Å². The number of rotatable bonds is 3. The van der Waals surface area contributed by atoms with E-state index in [9.17, 15) is 14.7 Å². The highest BCUT2D eigenvalue weighted by Crippen LogP contribution is 2.36. The van der Waals surface area contributed by atoms with Crippen LogP contribution in [0.1, 0.15) is 33.3 Å². The first kappa shape index (κ1) is 20.3. The summed E-state index contributed by atoms with van der Waals surface area (Å²) >= 11 is 6.35. The lowest BCUT2D eigenvalue weighted by Gasteiger charge is -2.20. The number of ether oxygens (including phenoxy) is 2. The molecule has 0 aliphatic carbocycles. The van der Waals surface area contributed by atoms with Gasteiger partial charge in [0, 0.05) is 5.39 Å². The van der Waals surface area contributed by atoms with Crippen molar-refractivity contribution >= 4 is 40.3 Å². The third-order valence-corrected chi connectivity index (χ3v) is 3.78. The van der Waals surface area contributed by atoms with Crippen molar-refractivity contribution in [3.05, 3.63) is 45.7 Å². The molecule has 2 aromatic rings. The molecule has 0 aliphatic heterocycles. The Hall–Kier alpha value is -3.05. The van der Waals surface area contributed by atoms with Crippen LogP contribution in [0, 0.1) is 5.39 Å². The van der Waals surface area contributed by atoms with Gasteiger partial charge in [-0.05, 0) is 33.8 Å². The summed E-state index contributed by atoms with van der Waals surface area (Å²) in [6.45, 7) is 6.68. The molecule has 1 heterocycles. The number of para-hydroxylation sites is 1. The lowest BCUT2D eigenvalue weighted by Crippen LogP contribution is -2.27. The van der Waals surface area contributed by atoms with Crippen LogP contribution >= 0.6 is 11.6 Å². The van der Waals surface area contributed by atoms with Gasteiger partial charge in [-0.25, -0.2) is 14.2 Å². The lowest BCUT2D eigenvalue weighted by atomic mass is 10.1. The molecule has 0 aliphatic rings. The number of hydrogen-bond donors (Lipinski definition) is 1. The molecular weight excluding hydrogens is 374 g/mol. The molecule has 27 heavy (non-hydrogen) atoms. The Balaban J connectivity index is 2.76. The number of benzene rings is 1. The molecule has 1 aromatic heterocycles. The number of aliphatic hydroxyl groups is 1. The van der Waals surface area contributed by atoms with Crippen molar-refractivity contribution in [2.75, 3.05) is 6.61 Å². The van der Waals surface area contributed by atoms with Gasteiger partial charge in [0.05, 0.1) is 17.7 Å². The standard InChI is InChI=1S/C18H18ClN3O5/c1-5-26-16(24)13(21-20)14(23)12-10-8-6-7-9-11(10)22(15(12)19)17(25)27-18(2,3)4/h6-9H,5H2,1-4H3/p+1. The van der Waals surface area contributed by atoms with Crippen molar-refractivity contribution in [2.45, 2.75) is 33.3 Å². The third-order valence-electron chi connectivity index (χ3n) is 3.42. The van der Waals surface area contributed by atoms with Crippen LogP contribution in [0.25, 0.3) is 21.6 Å². The summed E-state index contributed by atoms with van der Waals surface area (Å²) in [5.41, 5.74) is -1.22. The average molecular weight is 393 g/mol. The van der Waals surface area contributed by atoms with Crippen LogP contribution in [-0.4, -0.2) is 33.9 Å². The van der Waals surface area contributed by atoms with Gasteiger partial charge in [-0.2, -0.15) is 0 Å². The molecule has 0 saturated carbocycles. The number of hydrogen-bond acceptors (Lipinski definition) is 6. The van der Waals surface area contributed by atoms with Gasteiger partial charge < -0.3 is 14.6 Å². The summed E-state index contributed by atoms with van der Waals surface area (Å²) in [5.74, 6) is -1.76. The molecule has 1 N–H and O–H groups in total. The minimum atomic E-state index is -1.04. The molecule has 0 fully saturated rings. The minimum Gasteiger partial charge on any atom is -0.501 e. The van der Waals surface area contributed by atoms with E-state index in [-0.39, 0.29) is 17.3 Å². The van der Waals surface area contributed by atoms with Crippen molar-refractivity contribution in [2.24, 2.45) is 0 Å². The SMILES string of the molecule is CCOC(=O)/C([N+]#N)=C(\O)c1c(Cl)n(C(=O)OC(C)(C)C)c2ccccc12. The summed E-state index contributed by atoms with van der Waals surface area (Å²) in [7, 11) is 0.